The Morgan fingerprint density at radius 3 is 2.28 bits per heavy atom. The van der Waals surface area contributed by atoms with Crippen molar-refractivity contribution in [2.24, 2.45) is 23.5 Å². The van der Waals surface area contributed by atoms with Crippen molar-refractivity contribution in [3.05, 3.63) is 34.1 Å². The lowest BCUT2D eigenvalue weighted by atomic mass is 9.57. The Hall–Kier alpha value is -3.94. The van der Waals surface area contributed by atoms with Crippen molar-refractivity contribution in [2.75, 3.05) is 51.5 Å². The highest BCUT2D eigenvalue weighted by atomic mass is 16.3. The average molecular weight is 598 g/mol. The monoisotopic (exact) mass is 597 g/mol. The van der Waals surface area contributed by atoms with Crippen molar-refractivity contribution in [1.82, 2.24) is 9.80 Å². The van der Waals surface area contributed by atoms with Crippen LogP contribution in [0.5, 0.6) is 5.75 Å². The van der Waals surface area contributed by atoms with Gasteiger partial charge in [-0.1, -0.05) is 0 Å². The molecule has 0 unspecified atom stereocenters. The van der Waals surface area contributed by atoms with Crippen molar-refractivity contribution in [3.8, 4) is 5.75 Å². The third-order valence-electron chi connectivity index (χ3n) is 9.45. The lowest BCUT2D eigenvalue weighted by Crippen LogP contribution is -2.65. The van der Waals surface area contributed by atoms with Gasteiger partial charge in [0.15, 0.2) is 11.4 Å². The number of ketones is 2. The number of aliphatic hydroxyl groups is 3. The summed E-state index contributed by atoms with van der Waals surface area (Å²) in [6.45, 7) is 5.22. The molecule has 0 aromatic heterocycles. The number of amides is 2. The lowest BCUT2D eigenvalue weighted by molar-refractivity contribution is -0.153. The van der Waals surface area contributed by atoms with Crippen LogP contribution in [0.15, 0.2) is 23.0 Å². The van der Waals surface area contributed by atoms with Gasteiger partial charge in [0.25, 0.3) is 5.91 Å². The smallest absolute Gasteiger partial charge is 0.255 e. The Balaban J connectivity index is 1.63. The largest absolute Gasteiger partial charge is 0.508 e. The number of aromatic hydroxyl groups is 1. The summed E-state index contributed by atoms with van der Waals surface area (Å²) in [7, 11) is 6.63. The minimum atomic E-state index is -2.72. The molecular weight excluding hydrogens is 558 g/mol. The molecule has 4 atom stereocenters. The molecule has 232 valence electrons. The van der Waals surface area contributed by atoms with Crippen molar-refractivity contribution in [1.29, 1.82) is 0 Å². The van der Waals surface area contributed by atoms with E-state index in [1.165, 1.54) is 4.90 Å². The van der Waals surface area contributed by atoms with Gasteiger partial charge in [0.2, 0.25) is 11.7 Å². The molecule has 43 heavy (non-hydrogen) atoms. The predicted molar refractivity (Wildman–Crippen MR) is 157 cm³/mol. The van der Waals surface area contributed by atoms with Crippen molar-refractivity contribution >= 4 is 40.5 Å². The molecule has 1 heterocycles. The quantitative estimate of drug-likeness (QED) is 0.195. The van der Waals surface area contributed by atoms with E-state index in [9.17, 15) is 39.6 Å². The number of nitrogens with two attached hydrogens (primary N) is 1. The van der Waals surface area contributed by atoms with E-state index in [1.807, 2.05) is 13.8 Å². The van der Waals surface area contributed by atoms with Gasteiger partial charge in [-0.05, 0) is 58.3 Å². The molecule has 2 amide bonds. The number of benzene rings is 1. The van der Waals surface area contributed by atoms with E-state index in [2.05, 4.69) is 10.2 Å². The van der Waals surface area contributed by atoms with Crippen LogP contribution in [0.4, 0.5) is 11.4 Å². The van der Waals surface area contributed by atoms with Gasteiger partial charge in [-0.3, -0.25) is 29.0 Å². The van der Waals surface area contributed by atoms with Crippen LogP contribution in [0, 0.1) is 17.8 Å². The number of phenols is 1. The minimum Gasteiger partial charge on any atom is -0.508 e. The van der Waals surface area contributed by atoms with E-state index < -0.39 is 63.8 Å². The first kappa shape index (κ1) is 30.5. The molecular formula is C30H39N5O8. The van der Waals surface area contributed by atoms with Gasteiger partial charge in [-0.25, -0.2) is 0 Å². The van der Waals surface area contributed by atoms with Gasteiger partial charge < -0.3 is 36.4 Å². The maximum absolute atomic E-state index is 14.1. The van der Waals surface area contributed by atoms with Gasteiger partial charge in [0, 0.05) is 50.4 Å². The topological polar surface area (TPSA) is 197 Å². The molecule has 2 fully saturated rings. The number of likely N-dealkylation sites (tertiary alicyclic amines) is 1. The van der Waals surface area contributed by atoms with Gasteiger partial charge >= 0.3 is 0 Å². The molecule has 0 bridgehead atoms. The van der Waals surface area contributed by atoms with E-state index in [-0.39, 0.29) is 41.5 Å². The van der Waals surface area contributed by atoms with Crippen molar-refractivity contribution in [3.63, 3.8) is 0 Å². The lowest BCUT2D eigenvalue weighted by Gasteiger charge is -2.50. The van der Waals surface area contributed by atoms with E-state index >= 15 is 0 Å². The number of phenolic OH excluding ortho intramolecular Hbond substituents is 1. The van der Waals surface area contributed by atoms with Crippen LogP contribution < -0.4 is 16.0 Å². The Labute approximate surface area is 249 Å². The molecule has 13 nitrogen and oxygen atoms in total. The van der Waals surface area contributed by atoms with Crippen LogP contribution in [-0.2, 0) is 25.6 Å². The highest BCUT2D eigenvalue weighted by Crippen LogP contribution is 2.54. The van der Waals surface area contributed by atoms with E-state index in [0.717, 1.165) is 0 Å². The number of likely N-dealkylation sites (N-methyl/N-ethyl adjacent to an activating group) is 1. The third-order valence-corrected chi connectivity index (χ3v) is 9.45. The van der Waals surface area contributed by atoms with E-state index in [1.54, 1.807) is 39.2 Å². The summed E-state index contributed by atoms with van der Waals surface area (Å²) >= 11 is 0. The summed E-state index contributed by atoms with van der Waals surface area (Å²) in [5.41, 5.74) is 2.63. The molecule has 1 saturated carbocycles. The van der Waals surface area contributed by atoms with Crippen molar-refractivity contribution < 1.29 is 39.6 Å². The van der Waals surface area contributed by atoms with Crippen LogP contribution in [0.3, 0.4) is 0 Å². The molecule has 1 aromatic carbocycles. The van der Waals surface area contributed by atoms with E-state index in [4.69, 9.17) is 5.73 Å². The second kappa shape index (κ2) is 10.4. The van der Waals surface area contributed by atoms with Crippen LogP contribution >= 0.6 is 0 Å². The van der Waals surface area contributed by atoms with Gasteiger partial charge in [-0.15, -0.1) is 0 Å². The number of Topliss-reactive ketones (excluding diaryl/α,β-unsaturated/α-hetero) is 2. The molecule has 3 aliphatic carbocycles. The third kappa shape index (κ3) is 4.40. The maximum atomic E-state index is 14.1. The number of aliphatic hydroxyl groups excluding tert-OH is 2. The Kier molecular flexibility index (Phi) is 7.35. The number of carbonyl (C=O) groups is 4. The summed E-state index contributed by atoms with van der Waals surface area (Å²) in [5.74, 6) is -7.80. The number of carbonyl (C=O) groups excluding carboxylic acids is 4. The summed E-state index contributed by atoms with van der Waals surface area (Å²) in [6.07, 6.45) is 0.141. The summed E-state index contributed by atoms with van der Waals surface area (Å²) in [6, 6.07) is 0.754. The molecule has 7 N–H and O–H groups in total. The fourth-order valence-corrected chi connectivity index (χ4v) is 7.12. The SMILES string of the molecule is CC(C)N1CC(C(=O)Nc2cc(N(C)C)c3c(c2O)C(O)=C2C(=O)[C@]4(O)C(O)=C(C(N)=O)C(=O)[C@@H](N(C)C)[C@@H]4C[C@@H]2C3)C1. The van der Waals surface area contributed by atoms with Crippen LogP contribution in [0.1, 0.15) is 31.4 Å². The number of rotatable bonds is 6. The maximum Gasteiger partial charge on any atom is 0.255 e. The zero-order valence-electron chi connectivity index (χ0n) is 25.1. The first-order valence-electron chi connectivity index (χ1n) is 14.3. The van der Waals surface area contributed by atoms with Gasteiger partial charge in [0.1, 0.15) is 22.8 Å². The number of anilines is 2. The summed E-state index contributed by atoms with van der Waals surface area (Å²) < 4.78 is 0. The molecule has 5 rings (SSSR count). The number of nitrogens with zero attached hydrogens (tertiary/aromatic N) is 3. The predicted octanol–water partition coefficient (Wildman–Crippen LogP) is 0.309. The molecule has 1 saturated heterocycles. The standard InChI is InChI=1S/C30H39N5O8/c1-12(2)35-10-14(11-35)29(42)32-17-9-18(33(3)4)15-7-13-8-16-22(34(5)6)25(38)21(28(31)41)27(40)30(16,43)26(39)19(13)24(37)20(15)23(17)36/h9,12-14,16,22,36-37,40,43H,7-8,10-11H2,1-6H3,(H2,31,41)(H,32,42)/t13-,16-,22-,30-/m0/s1. The van der Waals surface area contributed by atoms with Gasteiger partial charge in [-0.2, -0.15) is 0 Å². The first-order chi connectivity index (χ1) is 20.0. The Morgan fingerprint density at radius 2 is 1.74 bits per heavy atom. The molecule has 4 aliphatic rings. The van der Waals surface area contributed by atoms with Crippen LogP contribution in [-0.4, -0.2) is 113 Å². The highest BCUT2D eigenvalue weighted by molar-refractivity contribution is 6.24. The number of nitrogens with one attached hydrogen (secondary N) is 1. The second-order valence-corrected chi connectivity index (χ2v) is 12.7. The Bertz CT molecular complexity index is 1510. The number of hydrogen-bond acceptors (Lipinski definition) is 11. The molecule has 13 heteroatoms. The zero-order valence-corrected chi connectivity index (χ0v) is 25.1. The normalized spacial score (nSPS) is 27.6. The van der Waals surface area contributed by atoms with Crippen LogP contribution in [0.2, 0.25) is 0 Å². The fraction of sp³-hybridized carbons (Fsp3) is 0.533. The second-order valence-electron chi connectivity index (χ2n) is 12.7. The zero-order chi connectivity index (χ0) is 31.9. The average Bonchev–Trinajstić information content (AvgIpc) is 2.86. The molecule has 1 aliphatic heterocycles. The molecule has 0 spiro atoms. The summed E-state index contributed by atoms with van der Waals surface area (Å²) in [5, 5.41) is 48.6. The summed E-state index contributed by atoms with van der Waals surface area (Å²) in [4.78, 5) is 57.9. The number of hydrogen-bond donors (Lipinski definition) is 6. The fourth-order valence-electron chi connectivity index (χ4n) is 7.12. The van der Waals surface area contributed by atoms with Crippen molar-refractivity contribution in [2.45, 2.75) is 44.4 Å². The molecule has 1 aromatic rings. The minimum absolute atomic E-state index is 0.00802. The number of fused-ring (bicyclic) bond motifs is 3. The van der Waals surface area contributed by atoms with Gasteiger partial charge in [0.05, 0.1) is 23.2 Å². The van der Waals surface area contributed by atoms with Crippen LogP contribution in [0.25, 0.3) is 5.76 Å². The highest BCUT2D eigenvalue weighted by Gasteiger charge is 2.64. The number of primary amides is 1. The van der Waals surface area contributed by atoms with E-state index in [0.29, 0.717) is 30.4 Å². The first-order valence-corrected chi connectivity index (χ1v) is 14.3. The Morgan fingerprint density at radius 1 is 1.12 bits per heavy atom. The molecule has 0 radical (unpaired) electrons.